The number of halogens is 1. The Morgan fingerprint density at radius 2 is 2.16 bits per heavy atom. The van der Waals surface area contributed by atoms with E-state index in [1.807, 2.05) is 12.1 Å². The van der Waals surface area contributed by atoms with Gasteiger partial charge in [0.2, 0.25) is 0 Å². The van der Waals surface area contributed by atoms with Gasteiger partial charge in [0.15, 0.2) is 5.96 Å². The minimum Gasteiger partial charge on any atom is -0.381 e. The zero-order valence-corrected chi connectivity index (χ0v) is 15.9. The lowest BCUT2D eigenvalue weighted by Gasteiger charge is -2.12. The Bertz CT molecular complexity index is 502. The smallest absolute Gasteiger partial charge is 0.191 e. The molecule has 1 heterocycles. The molecule has 1 fully saturated rings. The second-order valence-corrected chi connectivity index (χ2v) is 6.66. The molecule has 140 valence electrons. The SMILES string of the molecule is CCNC(=NCCCOCC1CCOC1)NCCc1ccc(Cl)cc1. The molecule has 0 bridgehead atoms. The molecule has 0 amide bonds. The summed E-state index contributed by atoms with van der Waals surface area (Å²) in [4.78, 5) is 4.60. The first-order valence-electron chi connectivity index (χ1n) is 9.20. The van der Waals surface area contributed by atoms with Crippen molar-refractivity contribution >= 4 is 17.6 Å². The summed E-state index contributed by atoms with van der Waals surface area (Å²) in [5.74, 6) is 1.44. The molecule has 0 aliphatic carbocycles. The third-order valence-corrected chi connectivity index (χ3v) is 4.31. The number of rotatable bonds is 10. The lowest BCUT2D eigenvalue weighted by molar-refractivity contribution is 0.0893. The van der Waals surface area contributed by atoms with E-state index in [9.17, 15) is 0 Å². The highest BCUT2D eigenvalue weighted by molar-refractivity contribution is 6.30. The number of hydrogen-bond donors (Lipinski definition) is 2. The van der Waals surface area contributed by atoms with Gasteiger partial charge in [-0.2, -0.15) is 0 Å². The van der Waals surface area contributed by atoms with E-state index in [1.165, 1.54) is 5.56 Å². The van der Waals surface area contributed by atoms with Crippen LogP contribution in [0.5, 0.6) is 0 Å². The Hall–Kier alpha value is -1.30. The molecule has 2 rings (SSSR count). The molecule has 1 aliphatic heterocycles. The lowest BCUT2D eigenvalue weighted by atomic mass is 10.1. The normalized spacial score (nSPS) is 17.7. The fourth-order valence-electron chi connectivity index (χ4n) is 2.64. The average Bonchev–Trinajstić information content (AvgIpc) is 3.13. The van der Waals surface area contributed by atoms with Crippen LogP contribution >= 0.6 is 11.6 Å². The molecule has 1 aliphatic rings. The summed E-state index contributed by atoms with van der Waals surface area (Å²) in [6.07, 6.45) is 3.00. The van der Waals surface area contributed by atoms with Crippen molar-refractivity contribution in [2.45, 2.75) is 26.2 Å². The van der Waals surface area contributed by atoms with Crippen LogP contribution in [0.2, 0.25) is 5.02 Å². The van der Waals surface area contributed by atoms with Crippen LogP contribution in [0.3, 0.4) is 0 Å². The lowest BCUT2D eigenvalue weighted by Crippen LogP contribution is -2.38. The molecule has 6 heteroatoms. The molecule has 1 aromatic rings. The maximum atomic E-state index is 5.91. The summed E-state index contributed by atoms with van der Waals surface area (Å²) in [5.41, 5.74) is 1.26. The standard InChI is InChI=1S/C19H30ClN3O2/c1-2-21-19(23-11-8-16-4-6-18(20)7-5-16)22-10-3-12-24-14-17-9-13-25-15-17/h4-7,17H,2-3,8-15H2,1H3,(H2,21,22,23). The number of benzene rings is 1. The minimum atomic E-state index is 0.579. The number of nitrogens with one attached hydrogen (secondary N) is 2. The van der Waals surface area contributed by atoms with E-state index in [1.54, 1.807) is 0 Å². The second-order valence-electron chi connectivity index (χ2n) is 6.22. The number of ether oxygens (including phenoxy) is 2. The summed E-state index contributed by atoms with van der Waals surface area (Å²) in [5, 5.41) is 7.41. The number of hydrogen-bond acceptors (Lipinski definition) is 3. The van der Waals surface area contributed by atoms with Gasteiger partial charge in [-0.3, -0.25) is 4.99 Å². The van der Waals surface area contributed by atoms with Gasteiger partial charge in [-0.1, -0.05) is 23.7 Å². The summed E-state index contributed by atoms with van der Waals surface area (Å²) < 4.78 is 11.1. The quantitative estimate of drug-likeness (QED) is 0.379. The van der Waals surface area contributed by atoms with Gasteiger partial charge in [-0.25, -0.2) is 0 Å². The topological polar surface area (TPSA) is 54.9 Å². The van der Waals surface area contributed by atoms with Crippen molar-refractivity contribution in [2.75, 3.05) is 46.1 Å². The van der Waals surface area contributed by atoms with Crippen molar-refractivity contribution in [2.24, 2.45) is 10.9 Å². The molecule has 1 unspecified atom stereocenters. The highest BCUT2D eigenvalue weighted by Gasteiger charge is 2.15. The molecule has 0 radical (unpaired) electrons. The van der Waals surface area contributed by atoms with Crippen molar-refractivity contribution in [1.82, 2.24) is 10.6 Å². The molecule has 1 aromatic carbocycles. The van der Waals surface area contributed by atoms with E-state index in [0.717, 1.165) is 76.3 Å². The molecule has 0 spiro atoms. The monoisotopic (exact) mass is 367 g/mol. The molecular weight excluding hydrogens is 338 g/mol. The Labute approximate surface area is 156 Å². The van der Waals surface area contributed by atoms with E-state index in [-0.39, 0.29) is 0 Å². The highest BCUT2D eigenvalue weighted by Crippen LogP contribution is 2.12. The largest absolute Gasteiger partial charge is 0.381 e. The van der Waals surface area contributed by atoms with Crippen molar-refractivity contribution in [3.05, 3.63) is 34.9 Å². The molecule has 1 saturated heterocycles. The van der Waals surface area contributed by atoms with E-state index < -0.39 is 0 Å². The maximum Gasteiger partial charge on any atom is 0.191 e. The molecule has 1 atom stereocenters. The van der Waals surface area contributed by atoms with Gasteiger partial charge in [0, 0.05) is 43.8 Å². The van der Waals surface area contributed by atoms with Crippen molar-refractivity contribution < 1.29 is 9.47 Å². The van der Waals surface area contributed by atoms with E-state index in [4.69, 9.17) is 21.1 Å². The van der Waals surface area contributed by atoms with E-state index >= 15 is 0 Å². The molecule has 5 nitrogen and oxygen atoms in total. The van der Waals surface area contributed by atoms with Gasteiger partial charge in [-0.15, -0.1) is 0 Å². The minimum absolute atomic E-state index is 0.579. The number of nitrogens with zero attached hydrogens (tertiary/aromatic N) is 1. The van der Waals surface area contributed by atoms with Gasteiger partial charge >= 0.3 is 0 Å². The van der Waals surface area contributed by atoms with Crippen LogP contribution in [-0.4, -0.2) is 52.0 Å². The summed E-state index contributed by atoms with van der Waals surface area (Å²) >= 11 is 5.91. The number of guanidine groups is 1. The number of aliphatic imine (C=N–C) groups is 1. The zero-order chi connectivity index (χ0) is 17.7. The third kappa shape index (κ3) is 8.56. The van der Waals surface area contributed by atoms with E-state index in [0.29, 0.717) is 5.92 Å². The van der Waals surface area contributed by atoms with Crippen LogP contribution in [0.15, 0.2) is 29.3 Å². The molecule has 2 N–H and O–H groups in total. The molecule has 0 saturated carbocycles. The Balaban J connectivity index is 1.59. The first kappa shape index (κ1) is 20.0. The molecule has 25 heavy (non-hydrogen) atoms. The Morgan fingerprint density at radius 3 is 2.88 bits per heavy atom. The first-order chi connectivity index (χ1) is 12.3. The first-order valence-corrected chi connectivity index (χ1v) is 9.58. The summed E-state index contributed by atoms with van der Waals surface area (Å²) in [6, 6.07) is 7.96. The van der Waals surface area contributed by atoms with Crippen LogP contribution in [-0.2, 0) is 15.9 Å². The average molecular weight is 368 g/mol. The van der Waals surface area contributed by atoms with Gasteiger partial charge < -0.3 is 20.1 Å². The van der Waals surface area contributed by atoms with Crippen LogP contribution in [0.4, 0.5) is 0 Å². The van der Waals surface area contributed by atoms with Crippen LogP contribution in [0.25, 0.3) is 0 Å². The zero-order valence-electron chi connectivity index (χ0n) is 15.1. The predicted octanol–water partition coefficient (Wildman–Crippen LogP) is 2.88. The van der Waals surface area contributed by atoms with Crippen molar-refractivity contribution in [1.29, 1.82) is 0 Å². The fraction of sp³-hybridized carbons (Fsp3) is 0.632. The maximum absolute atomic E-state index is 5.91. The van der Waals surface area contributed by atoms with Crippen molar-refractivity contribution in [3.63, 3.8) is 0 Å². The predicted molar refractivity (Wildman–Crippen MR) is 103 cm³/mol. The van der Waals surface area contributed by atoms with Gasteiger partial charge in [0.05, 0.1) is 13.2 Å². The highest BCUT2D eigenvalue weighted by atomic mass is 35.5. The van der Waals surface area contributed by atoms with Gasteiger partial charge in [0.25, 0.3) is 0 Å². The van der Waals surface area contributed by atoms with E-state index in [2.05, 4.69) is 34.7 Å². The summed E-state index contributed by atoms with van der Waals surface area (Å²) in [6.45, 7) is 7.82. The van der Waals surface area contributed by atoms with Gasteiger partial charge in [0.1, 0.15) is 0 Å². The Morgan fingerprint density at radius 1 is 1.32 bits per heavy atom. The second kappa shape index (κ2) is 12.1. The van der Waals surface area contributed by atoms with Crippen LogP contribution in [0.1, 0.15) is 25.3 Å². The Kier molecular flexibility index (Phi) is 9.70. The van der Waals surface area contributed by atoms with Gasteiger partial charge in [-0.05, 0) is 43.9 Å². The molecule has 0 aromatic heterocycles. The summed E-state index contributed by atoms with van der Waals surface area (Å²) in [7, 11) is 0. The third-order valence-electron chi connectivity index (χ3n) is 4.06. The fourth-order valence-corrected chi connectivity index (χ4v) is 2.77. The van der Waals surface area contributed by atoms with Crippen LogP contribution in [0, 0.1) is 5.92 Å². The van der Waals surface area contributed by atoms with Crippen molar-refractivity contribution in [3.8, 4) is 0 Å². The molecular formula is C19H30ClN3O2. The van der Waals surface area contributed by atoms with Crippen LogP contribution < -0.4 is 10.6 Å².